The number of nitrogens with one attached hydrogen (secondary N) is 1. The molecule has 2 N–H and O–H groups in total. The van der Waals surface area contributed by atoms with Crippen LogP contribution in [0.5, 0.6) is 11.5 Å². The van der Waals surface area contributed by atoms with Crippen molar-refractivity contribution in [3.63, 3.8) is 0 Å². The Morgan fingerprint density at radius 1 is 1.06 bits per heavy atom. The molecule has 0 aromatic heterocycles. The molecule has 0 atom stereocenters. The van der Waals surface area contributed by atoms with Crippen molar-refractivity contribution in [3.05, 3.63) is 71.7 Å². The van der Waals surface area contributed by atoms with Gasteiger partial charge in [-0.25, -0.2) is 4.39 Å². The minimum Gasteiger partial charge on any atom is -0.486 e. The zero-order valence-corrected chi connectivity index (χ0v) is 17.7. The third-order valence-corrected chi connectivity index (χ3v) is 5.62. The van der Waals surface area contributed by atoms with Crippen molar-refractivity contribution in [2.75, 3.05) is 50.8 Å². The molecule has 31 heavy (non-hydrogen) atoms. The molecule has 2 aliphatic heterocycles. The SMILES string of the molecule is C/C(=C\C(=C/NO)CN1CCN(c2cccc3c2OCCO3)CC1)c1ccc(F)cc1. The number of rotatable bonds is 6. The molecule has 0 amide bonds. The van der Waals surface area contributed by atoms with Crippen LogP contribution in [0, 0.1) is 5.82 Å². The highest BCUT2D eigenvalue weighted by atomic mass is 19.1. The van der Waals surface area contributed by atoms with E-state index < -0.39 is 0 Å². The highest BCUT2D eigenvalue weighted by Gasteiger charge is 2.23. The molecule has 2 aromatic carbocycles. The number of hydroxylamine groups is 1. The van der Waals surface area contributed by atoms with Crippen molar-refractivity contribution in [1.82, 2.24) is 10.4 Å². The van der Waals surface area contributed by atoms with Crippen molar-refractivity contribution in [1.29, 1.82) is 0 Å². The van der Waals surface area contributed by atoms with Gasteiger partial charge in [0.1, 0.15) is 19.0 Å². The number of anilines is 1. The van der Waals surface area contributed by atoms with Gasteiger partial charge in [0.25, 0.3) is 0 Å². The molecule has 0 aliphatic carbocycles. The molecule has 2 aliphatic rings. The third-order valence-electron chi connectivity index (χ3n) is 5.62. The molecule has 1 saturated heterocycles. The first-order valence-corrected chi connectivity index (χ1v) is 10.5. The van der Waals surface area contributed by atoms with Gasteiger partial charge in [0.2, 0.25) is 0 Å². The van der Waals surface area contributed by atoms with Crippen LogP contribution in [-0.2, 0) is 0 Å². The van der Waals surface area contributed by atoms with Crippen LogP contribution in [0.25, 0.3) is 5.57 Å². The summed E-state index contributed by atoms with van der Waals surface area (Å²) in [5, 5.41) is 9.23. The van der Waals surface area contributed by atoms with E-state index in [0.29, 0.717) is 19.8 Å². The predicted molar refractivity (Wildman–Crippen MR) is 119 cm³/mol. The average Bonchev–Trinajstić information content (AvgIpc) is 2.80. The highest BCUT2D eigenvalue weighted by molar-refractivity contribution is 5.67. The summed E-state index contributed by atoms with van der Waals surface area (Å²) in [7, 11) is 0. The summed E-state index contributed by atoms with van der Waals surface area (Å²) >= 11 is 0. The summed E-state index contributed by atoms with van der Waals surface area (Å²) in [6, 6.07) is 12.5. The maximum atomic E-state index is 13.2. The maximum absolute atomic E-state index is 13.2. The molecule has 0 unspecified atom stereocenters. The van der Waals surface area contributed by atoms with E-state index in [1.165, 1.54) is 12.1 Å². The second kappa shape index (κ2) is 9.85. The number of hydrogen-bond acceptors (Lipinski definition) is 6. The lowest BCUT2D eigenvalue weighted by atomic mass is 10.0. The second-order valence-electron chi connectivity index (χ2n) is 7.75. The van der Waals surface area contributed by atoms with E-state index >= 15 is 0 Å². The largest absolute Gasteiger partial charge is 0.486 e. The second-order valence-corrected chi connectivity index (χ2v) is 7.75. The van der Waals surface area contributed by atoms with Gasteiger partial charge in [-0.05, 0) is 47.9 Å². The molecule has 2 aromatic rings. The first kappa shape index (κ1) is 21.2. The molecule has 1 fully saturated rings. The van der Waals surface area contributed by atoms with E-state index in [4.69, 9.17) is 9.47 Å². The van der Waals surface area contributed by atoms with Gasteiger partial charge in [-0.2, -0.15) is 0 Å². The smallest absolute Gasteiger partial charge is 0.184 e. The Bertz CT molecular complexity index is 951. The summed E-state index contributed by atoms with van der Waals surface area (Å²) in [6.45, 7) is 7.37. The number of fused-ring (bicyclic) bond motifs is 1. The Morgan fingerprint density at radius 2 is 1.81 bits per heavy atom. The molecule has 164 valence electrons. The number of piperazine rings is 1. The fourth-order valence-electron chi connectivity index (χ4n) is 4.00. The van der Waals surface area contributed by atoms with Crippen molar-refractivity contribution in [2.24, 2.45) is 0 Å². The monoisotopic (exact) mass is 425 g/mol. The summed E-state index contributed by atoms with van der Waals surface area (Å²) < 4.78 is 24.8. The van der Waals surface area contributed by atoms with Crippen LogP contribution in [0.4, 0.5) is 10.1 Å². The number of para-hydroxylation sites is 1. The summed E-state index contributed by atoms with van der Waals surface area (Å²) in [4.78, 5) is 4.68. The highest BCUT2D eigenvalue weighted by Crippen LogP contribution is 2.39. The number of nitrogens with zero attached hydrogens (tertiary/aromatic N) is 2. The van der Waals surface area contributed by atoms with Gasteiger partial charge < -0.3 is 14.4 Å². The molecule has 0 bridgehead atoms. The molecule has 2 heterocycles. The Morgan fingerprint density at radius 3 is 2.55 bits per heavy atom. The Labute approximate surface area is 182 Å². The van der Waals surface area contributed by atoms with Gasteiger partial charge in [-0.15, -0.1) is 0 Å². The lowest BCUT2D eigenvalue weighted by Crippen LogP contribution is -2.47. The van der Waals surface area contributed by atoms with Crippen LogP contribution >= 0.6 is 0 Å². The normalized spacial score (nSPS) is 17.6. The van der Waals surface area contributed by atoms with E-state index in [2.05, 4.69) is 21.3 Å². The van der Waals surface area contributed by atoms with Gasteiger partial charge in [-0.1, -0.05) is 24.3 Å². The average molecular weight is 426 g/mol. The Hall–Kier alpha value is -3.03. The first-order chi connectivity index (χ1) is 15.1. The number of hydrogen-bond donors (Lipinski definition) is 2. The van der Waals surface area contributed by atoms with Crippen LogP contribution in [0.2, 0.25) is 0 Å². The minimum atomic E-state index is -0.251. The standard InChI is InChI=1S/C24H28FN3O3/c1-18(20-5-7-21(25)8-6-20)15-19(16-26-29)17-27-9-11-28(12-10-27)22-3-2-4-23-24(22)31-14-13-30-23/h2-8,15-16,26,29H,9-14,17H2,1H3/b18-15+,19-16+. The predicted octanol–water partition coefficient (Wildman–Crippen LogP) is 3.69. The Kier molecular flexibility index (Phi) is 6.74. The van der Waals surface area contributed by atoms with Crippen molar-refractivity contribution in [3.8, 4) is 11.5 Å². The number of benzene rings is 2. The third kappa shape index (κ3) is 5.18. The number of allylic oxidation sites excluding steroid dienone is 1. The van der Waals surface area contributed by atoms with Crippen molar-refractivity contribution in [2.45, 2.75) is 6.92 Å². The molecule has 6 nitrogen and oxygen atoms in total. The van der Waals surface area contributed by atoms with Gasteiger partial charge >= 0.3 is 0 Å². The van der Waals surface area contributed by atoms with E-state index in [1.807, 2.05) is 25.1 Å². The molecule has 4 rings (SSSR count). The van der Waals surface area contributed by atoms with Gasteiger partial charge in [0, 0.05) is 38.9 Å². The molecule has 0 saturated carbocycles. The molecule has 0 spiro atoms. The van der Waals surface area contributed by atoms with E-state index in [0.717, 1.165) is 60.1 Å². The van der Waals surface area contributed by atoms with Gasteiger partial charge in [-0.3, -0.25) is 15.6 Å². The summed E-state index contributed by atoms with van der Waals surface area (Å²) in [5.41, 5.74) is 6.15. The van der Waals surface area contributed by atoms with Crippen molar-refractivity contribution >= 4 is 11.3 Å². The number of ether oxygens (including phenoxy) is 2. The number of halogens is 1. The van der Waals surface area contributed by atoms with E-state index in [1.54, 1.807) is 18.3 Å². The zero-order valence-electron chi connectivity index (χ0n) is 17.7. The van der Waals surface area contributed by atoms with Crippen LogP contribution in [0.3, 0.4) is 0 Å². The lowest BCUT2D eigenvalue weighted by molar-refractivity contribution is 0.171. The molecular weight excluding hydrogens is 397 g/mol. The maximum Gasteiger partial charge on any atom is 0.184 e. The Balaban J connectivity index is 1.39. The van der Waals surface area contributed by atoms with Crippen LogP contribution in [-0.4, -0.2) is 56.0 Å². The van der Waals surface area contributed by atoms with E-state index in [-0.39, 0.29) is 5.82 Å². The van der Waals surface area contributed by atoms with Crippen LogP contribution < -0.4 is 19.9 Å². The van der Waals surface area contributed by atoms with Gasteiger partial charge in [0.15, 0.2) is 11.5 Å². The molecular formula is C24H28FN3O3. The molecule has 0 radical (unpaired) electrons. The fourth-order valence-corrected chi connectivity index (χ4v) is 4.00. The minimum absolute atomic E-state index is 0.251. The van der Waals surface area contributed by atoms with Crippen molar-refractivity contribution < 1.29 is 19.1 Å². The fraction of sp³-hybridized carbons (Fsp3) is 0.333. The quantitative estimate of drug-likeness (QED) is 0.544. The summed E-state index contributed by atoms with van der Waals surface area (Å²) in [5.74, 6) is 1.40. The molecule has 7 heteroatoms. The lowest BCUT2D eigenvalue weighted by Gasteiger charge is -2.37. The van der Waals surface area contributed by atoms with Gasteiger partial charge in [0.05, 0.1) is 5.69 Å². The van der Waals surface area contributed by atoms with Crippen LogP contribution in [0.1, 0.15) is 12.5 Å². The van der Waals surface area contributed by atoms with E-state index in [9.17, 15) is 9.60 Å². The summed E-state index contributed by atoms with van der Waals surface area (Å²) in [6.07, 6.45) is 3.61. The zero-order chi connectivity index (χ0) is 21.6. The van der Waals surface area contributed by atoms with Crippen LogP contribution in [0.15, 0.2) is 60.3 Å². The first-order valence-electron chi connectivity index (χ1n) is 10.5. The topological polar surface area (TPSA) is 57.2 Å².